The van der Waals surface area contributed by atoms with Crippen LogP contribution in [0, 0.1) is 0 Å². The zero-order valence-electron chi connectivity index (χ0n) is 17.3. The molecular weight excluding hydrogens is 368 g/mol. The van der Waals surface area contributed by atoms with Crippen molar-refractivity contribution < 1.29 is 0 Å². The van der Waals surface area contributed by atoms with Gasteiger partial charge in [-0.25, -0.2) is 4.98 Å². The van der Waals surface area contributed by atoms with E-state index in [4.69, 9.17) is 4.98 Å². The number of nitrogens with one attached hydrogen (secondary N) is 1. The Kier molecular flexibility index (Phi) is 5.16. The van der Waals surface area contributed by atoms with Crippen LogP contribution in [0.2, 0.25) is 0 Å². The number of rotatable bonds is 6. The van der Waals surface area contributed by atoms with Gasteiger partial charge in [-0.2, -0.15) is 0 Å². The zero-order chi connectivity index (χ0) is 20.3. The molecule has 0 saturated heterocycles. The Labute approximate surface area is 177 Å². The molecule has 0 bridgehead atoms. The number of allylic oxidation sites excluding steroid dienone is 2. The maximum absolute atomic E-state index is 4.70. The predicted octanol–water partition coefficient (Wildman–Crippen LogP) is 5.74. The Morgan fingerprint density at radius 1 is 1.00 bits per heavy atom. The average molecular weight is 395 g/mol. The number of aromatic nitrogens is 3. The first-order valence-corrected chi connectivity index (χ1v) is 10.7. The number of benzene rings is 1. The molecule has 4 nitrogen and oxygen atoms in total. The molecule has 0 atom stereocenters. The molecule has 0 amide bonds. The first-order chi connectivity index (χ1) is 14.8. The molecule has 5 rings (SSSR count). The van der Waals surface area contributed by atoms with Gasteiger partial charge in [0.25, 0.3) is 0 Å². The van der Waals surface area contributed by atoms with Gasteiger partial charge in [0.15, 0.2) is 0 Å². The summed E-state index contributed by atoms with van der Waals surface area (Å²) in [6.07, 6.45) is 11.8. The van der Waals surface area contributed by atoms with Crippen LogP contribution in [-0.4, -0.2) is 20.9 Å². The summed E-state index contributed by atoms with van der Waals surface area (Å²) < 4.78 is 2.16. The fourth-order valence-electron chi connectivity index (χ4n) is 4.17. The number of imidazole rings is 1. The highest BCUT2D eigenvalue weighted by Gasteiger charge is 2.12. The van der Waals surface area contributed by atoms with Crippen LogP contribution in [0.1, 0.15) is 37.4 Å². The van der Waals surface area contributed by atoms with E-state index in [-0.39, 0.29) is 0 Å². The second-order valence-corrected chi connectivity index (χ2v) is 7.82. The third kappa shape index (κ3) is 3.66. The lowest BCUT2D eigenvalue weighted by atomic mass is 10.0. The summed E-state index contributed by atoms with van der Waals surface area (Å²) in [5.74, 6) is 0. The van der Waals surface area contributed by atoms with Crippen molar-refractivity contribution in [2.45, 2.75) is 32.7 Å². The van der Waals surface area contributed by atoms with E-state index in [0.29, 0.717) is 0 Å². The number of fused-ring (bicyclic) bond motifs is 1. The molecule has 1 aromatic carbocycles. The van der Waals surface area contributed by atoms with Crippen LogP contribution in [0.5, 0.6) is 0 Å². The normalized spacial score (nSPS) is 13.7. The third-order valence-corrected chi connectivity index (χ3v) is 5.78. The van der Waals surface area contributed by atoms with Gasteiger partial charge < -0.3 is 5.32 Å². The highest BCUT2D eigenvalue weighted by molar-refractivity contribution is 5.73. The number of pyridine rings is 2. The molecule has 1 aliphatic carbocycles. The Balaban J connectivity index is 1.48. The average Bonchev–Trinajstić information content (AvgIpc) is 3.48. The fourth-order valence-corrected chi connectivity index (χ4v) is 4.17. The highest BCUT2D eigenvalue weighted by atomic mass is 15.0. The maximum Gasteiger partial charge on any atom is 0.137 e. The third-order valence-electron chi connectivity index (χ3n) is 5.78. The second kappa shape index (κ2) is 8.25. The Hall–Kier alpha value is -3.24. The van der Waals surface area contributed by atoms with Crippen LogP contribution < -0.4 is 5.32 Å². The summed E-state index contributed by atoms with van der Waals surface area (Å²) in [6.45, 7) is 3.99. The van der Waals surface area contributed by atoms with E-state index in [1.54, 1.807) is 0 Å². The van der Waals surface area contributed by atoms with Crippen molar-refractivity contribution in [2.24, 2.45) is 0 Å². The van der Waals surface area contributed by atoms with Crippen LogP contribution >= 0.6 is 0 Å². The van der Waals surface area contributed by atoms with Crippen LogP contribution in [0.4, 0.5) is 0 Å². The standard InChI is InChI=1S/C26H26N4/c1-2-27-17-19-6-5-9-21(14-19)22-11-13-30-25(18-29-26(30)16-22)23-10-12-28-24(15-23)20-7-3-4-8-20/h5-7,9-16,18,27H,2-4,8,17H2,1H3. The number of nitrogens with zero attached hydrogens (tertiary/aromatic N) is 3. The van der Waals surface area contributed by atoms with Crippen molar-refractivity contribution in [3.8, 4) is 22.4 Å². The van der Waals surface area contributed by atoms with Gasteiger partial charge in [0, 0.05) is 24.5 Å². The van der Waals surface area contributed by atoms with Gasteiger partial charge in [0.05, 0.1) is 17.6 Å². The number of hydrogen-bond acceptors (Lipinski definition) is 3. The molecule has 0 radical (unpaired) electrons. The Bertz CT molecular complexity index is 1220. The first-order valence-electron chi connectivity index (χ1n) is 10.7. The Morgan fingerprint density at radius 2 is 1.93 bits per heavy atom. The molecule has 0 saturated carbocycles. The molecular formula is C26H26N4. The molecule has 0 aliphatic heterocycles. The molecule has 3 aromatic heterocycles. The van der Waals surface area contributed by atoms with Gasteiger partial charge in [0.1, 0.15) is 5.65 Å². The van der Waals surface area contributed by atoms with Crippen LogP contribution in [0.3, 0.4) is 0 Å². The van der Waals surface area contributed by atoms with Crippen LogP contribution in [0.15, 0.2) is 73.2 Å². The van der Waals surface area contributed by atoms with E-state index in [9.17, 15) is 0 Å². The summed E-state index contributed by atoms with van der Waals surface area (Å²) in [6, 6.07) is 17.3. The van der Waals surface area contributed by atoms with E-state index < -0.39 is 0 Å². The minimum Gasteiger partial charge on any atom is -0.313 e. The monoisotopic (exact) mass is 394 g/mol. The number of hydrogen-bond donors (Lipinski definition) is 1. The summed E-state index contributed by atoms with van der Waals surface area (Å²) in [5.41, 5.74) is 9.36. The molecule has 1 N–H and O–H groups in total. The zero-order valence-corrected chi connectivity index (χ0v) is 17.3. The van der Waals surface area contributed by atoms with Crippen molar-refractivity contribution >= 4 is 11.2 Å². The van der Waals surface area contributed by atoms with Crippen LogP contribution in [-0.2, 0) is 6.54 Å². The van der Waals surface area contributed by atoms with E-state index >= 15 is 0 Å². The lowest BCUT2D eigenvalue weighted by Crippen LogP contribution is -2.11. The Morgan fingerprint density at radius 3 is 2.80 bits per heavy atom. The van der Waals surface area contributed by atoms with Crippen molar-refractivity contribution in [3.63, 3.8) is 0 Å². The minimum atomic E-state index is 0.890. The lowest BCUT2D eigenvalue weighted by molar-refractivity contribution is 0.727. The van der Waals surface area contributed by atoms with Crippen LogP contribution in [0.25, 0.3) is 33.6 Å². The molecule has 30 heavy (non-hydrogen) atoms. The van der Waals surface area contributed by atoms with Gasteiger partial charge in [0.2, 0.25) is 0 Å². The summed E-state index contributed by atoms with van der Waals surface area (Å²) in [5, 5.41) is 3.39. The predicted molar refractivity (Wildman–Crippen MR) is 123 cm³/mol. The summed E-state index contributed by atoms with van der Waals surface area (Å²) >= 11 is 0. The van der Waals surface area contributed by atoms with Gasteiger partial charge in [-0.05, 0) is 78.4 Å². The molecule has 150 valence electrons. The van der Waals surface area contributed by atoms with Gasteiger partial charge in [-0.15, -0.1) is 0 Å². The summed E-state index contributed by atoms with van der Waals surface area (Å²) in [4.78, 5) is 9.29. The van der Waals surface area contributed by atoms with E-state index in [1.807, 2.05) is 12.4 Å². The second-order valence-electron chi connectivity index (χ2n) is 7.82. The van der Waals surface area contributed by atoms with Gasteiger partial charge >= 0.3 is 0 Å². The lowest BCUT2D eigenvalue weighted by Gasteiger charge is -2.08. The van der Waals surface area contributed by atoms with Crippen molar-refractivity contribution in [3.05, 3.63) is 84.5 Å². The van der Waals surface area contributed by atoms with Gasteiger partial charge in [-0.3, -0.25) is 9.38 Å². The fraction of sp³-hybridized carbons (Fsp3) is 0.231. The largest absolute Gasteiger partial charge is 0.313 e. The quantitative estimate of drug-likeness (QED) is 0.453. The summed E-state index contributed by atoms with van der Waals surface area (Å²) in [7, 11) is 0. The smallest absolute Gasteiger partial charge is 0.137 e. The maximum atomic E-state index is 4.70. The van der Waals surface area contributed by atoms with E-state index in [1.165, 1.54) is 28.7 Å². The molecule has 0 fully saturated rings. The molecule has 0 unspecified atom stereocenters. The van der Waals surface area contributed by atoms with Gasteiger partial charge in [-0.1, -0.05) is 31.2 Å². The van der Waals surface area contributed by atoms with Crippen molar-refractivity contribution in [1.29, 1.82) is 0 Å². The van der Waals surface area contributed by atoms with Crippen molar-refractivity contribution in [2.75, 3.05) is 6.54 Å². The SMILES string of the molecule is CCNCc1cccc(-c2ccn3c(-c4ccnc(C5=CCCC5)c4)cnc3c2)c1. The molecule has 4 heteroatoms. The van der Waals surface area contributed by atoms with Crippen molar-refractivity contribution in [1.82, 2.24) is 19.7 Å². The molecule has 0 spiro atoms. The van der Waals surface area contributed by atoms with E-state index in [2.05, 4.69) is 82.4 Å². The van der Waals surface area contributed by atoms with E-state index in [0.717, 1.165) is 48.5 Å². The minimum absolute atomic E-state index is 0.890. The molecule has 1 aliphatic rings. The molecule has 4 aromatic rings. The molecule has 3 heterocycles. The first kappa shape index (κ1) is 18.8. The highest BCUT2D eigenvalue weighted by Crippen LogP contribution is 2.30. The topological polar surface area (TPSA) is 42.2 Å².